The van der Waals surface area contributed by atoms with Gasteiger partial charge in [-0.25, -0.2) is 0 Å². The molecule has 1 unspecified atom stereocenters. The van der Waals surface area contributed by atoms with E-state index in [-0.39, 0.29) is 35.9 Å². The van der Waals surface area contributed by atoms with Crippen LogP contribution in [0.1, 0.15) is 86.6 Å². The molecule has 1 N–H and O–H groups in total. The fourth-order valence-electron chi connectivity index (χ4n) is 6.13. The second-order valence-electron chi connectivity index (χ2n) is 12.2. The van der Waals surface area contributed by atoms with Gasteiger partial charge in [0.15, 0.2) is 17.3 Å². The largest absolute Gasteiger partial charge is 0.506 e. The number of aliphatic hydroxyl groups is 1. The van der Waals surface area contributed by atoms with Crippen LogP contribution in [0.2, 0.25) is 0 Å². The van der Waals surface area contributed by atoms with Crippen molar-refractivity contribution in [3.63, 3.8) is 0 Å². The van der Waals surface area contributed by atoms with E-state index in [0.29, 0.717) is 18.4 Å². The van der Waals surface area contributed by atoms with Crippen LogP contribution in [0.5, 0.6) is 0 Å². The van der Waals surface area contributed by atoms with Crippen molar-refractivity contribution in [3.05, 3.63) is 76.4 Å². The molecule has 198 valence electrons. The summed E-state index contributed by atoms with van der Waals surface area (Å²) in [6.45, 7) is 15.9. The minimum Gasteiger partial charge on any atom is -0.506 e. The molecule has 4 heteroatoms. The lowest BCUT2D eigenvalue weighted by Crippen LogP contribution is -2.69. The molecule has 2 aliphatic rings. The molecule has 2 aliphatic carbocycles. The van der Waals surface area contributed by atoms with E-state index in [1.807, 2.05) is 73.6 Å². The number of Topliss-reactive ketones (excluding diaryl/α,β-unsaturated/α-hetero) is 3. The highest BCUT2D eigenvalue weighted by Crippen LogP contribution is 2.65. The molecule has 0 spiro atoms. The third-order valence-electron chi connectivity index (χ3n) is 8.58. The van der Waals surface area contributed by atoms with Gasteiger partial charge in [-0.2, -0.15) is 0 Å². The first kappa shape index (κ1) is 28.6. The first-order chi connectivity index (χ1) is 17.2. The second-order valence-corrected chi connectivity index (χ2v) is 12.2. The Balaban J connectivity index is 2.43. The van der Waals surface area contributed by atoms with Crippen LogP contribution in [-0.4, -0.2) is 22.5 Å². The van der Waals surface area contributed by atoms with Crippen LogP contribution in [0.4, 0.5) is 0 Å². The molecule has 1 aromatic rings. The van der Waals surface area contributed by atoms with Crippen molar-refractivity contribution in [2.45, 2.75) is 81.1 Å². The molecule has 2 saturated carbocycles. The Bertz CT molecular complexity index is 1210. The van der Waals surface area contributed by atoms with Gasteiger partial charge in [-0.1, -0.05) is 79.1 Å². The van der Waals surface area contributed by atoms with Crippen LogP contribution in [0.15, 0.2) is 70.9 Å². The van der Waals surface area contributed by atoms with Crippen LogP contribution >= 0.6 is 0 Å². The summed E-state index contributed by atoms with van der Waals surface area (Å²) in [6, 6.07) is 8.70. The average molecular weight is 503 g/mol. The number of ketones is 3. The minimum atomic E-state index is -1.45. The monoisotopic (exact) mass is 502 g/mol. The summed E-state index contributed by atoms with van der Waals surface area (Å²) >= 11 is 0. The van der Waals surface area contributed by atoms with Crippen molar-refractivity contribution in [3.8, 4) is 0 Å². The Morgan fingerprint density at radius 1 is 0.838 bits per heavy atom. The van der Waals surface area contributed by atoms with Crippen LogP contribution in [0.3, 0.4) is 0 Å². The van der Waals surface area contributed by atoms with E-state index >= 15 is 0 Å². The Kier molecular flexibility index (Phi) is 8.02. The molecule has 3 atom stereocenters. The lowest BCUT2D eigenvalue weighted by Gasteiger charge is -2.60. The van der Waals surface area contributed by atoms with Gasteiger partial charge < -0.3 is 5.11 Å². The maximum atomic E-state index is 14.7. The lowest BCUT2D eigenvalue weighted by molar-refractivity contribution is -0.176. The number of benzene rings is 1. The van der Waals surface area contributed by atoms with E-state index in [9.17, 15) is 19.5 Å². The maximum absolute atomic E-state index is 14.7. The molecular formula is C33H42O4. The molecule has 0 aromatic heterocycles. The number of aliphatic hydroxyl groups excluding tert-OH is 1. The van der Waals surface area contributed by atoms with E-state index in [1.54, 1.807) is 24.3 Å². The van der Waals surface area contributed by atoms with E-state index in [1.165, 1.54) is 0 Å². The zero-order chi connectivity index (χ0) is 27.8. The molecule has 1 aromatic carbocycles. The van der Waals surface area contributed by atoms with Gasteiger partial charge in [0, 0.05) is 5.56 Å². The summed E-state index contributed by atoms with van der Waals surface area (Å²) in [5.74, 6) is -1.75. The van der Waals surface area contributed by atoms with Crippen molar-refractivity contribution >= 4 is 23.1 Å². The first-order valence-electron chi connectivity index (χ1n) is 13.3. The van der Waals surface area contributed by atoms with Gasteiger partial charge in [-0.05, 0) is 78.6 Å². The highest BCUT2D eigenvalue weighted by molar-refractivity contribution is 6.41. The predicted molar refractivity (Wildman–Crippen MR) is 150 cm³/mol. The van der Waals surface area contributed by atoms with Crippen LogP contribution in [0.25, 0.3) is 5.76 Å². The number of allylic oxidation sites excluding steroid dienone is 7. The molecule has 0 saturated heterocycles. The molecule has 0 amide bonds. The van der Waals surface area contributed by atoms with Crippen molar-refractivity contribution in [2.24, 2.45) is 22.2 Å². The standard InChI is InChI=1S/C33H42O4/c1-21(2)14-15-25-20-32(18-16-22(3)4)28(35)26(27(34)24-12-10-9-11-13-24)29(36)33(30(32)37,31(25,7)8)19-17-23(5)6/h9-14,16-17,25,34H,15,18-20H2,1-8H3/b27-26+/t25?,32-,33+/m0/s1. The first-order valence-corrected chi connectivity index (χ1v) is 13.3. The van der Waals surface area contributed by atoms with Crippen molar-refractivity contribution in [2.75, 3.05) is 0 Å². The van der Waals surface area contributed by atoms with Gasteiger partial charge >= 0.3 is 0 Å². The Morgan fingerprint density at radius 2 is 1.38 bits per heavy atom. The molecule has 3 rings (SSSR count). The summed E-state index contributed by atoms with van der Waals surface area (Å²) in [6.07, 6.45) is 7.49. The number of hydrogen-bond acceptors (Lipinski definition) is 4. The Hall–Kier alpha value is -3.01. The third kappa shape index (κ3) is 4.71. The van der Waals surface area contributed by atoms with E-state index < -0.39 is 27.8 Å². The molecule has 37 heavy (non-hydrogen) atoms. The number of carbonyl (C=O) groups is 3. The summed E-state index contributed by atoms with van der Waals surface area (Å²) < 4.78 is 0. The normalized spacial score (nSPS) is 27.9. The summed E-state index contributed by atoms with van der Waals surface area (Å²) in [7, 11) is 0. The molecule has 2 fully saturated rings. The highest BCUT2D eigenvalue weighted by atomic mass is 16.3. The SMILES string of the molecule is CC(C)=CCC1C[C@@]2(CC=C(C)C)C(=O)/C(=C(\O)c3ccccc3)C(=O)[C@](CC=C(C)C)(C2=O)C1(C)C. The average Bonchev–Trinajstić information content (AvgIpc) is 2.82. The van der Waals surface area contributed by atoms with Gasteiger partial charge in [-0.15, -0.1) is 0 Å². The zero-order valence-electron chi connectivity index (χ0n) is 23.7. The Labute approximate surface area is 222 Å². The molecule has 0 heterocycles. The molecule has 4 nitrogen and oxygen atoms in total. The van der Waals surface area contributed by atoms with Gasteiger partial charge in [0.05, 0.1) is 5.41 Å². The maximum Gasteiger partial charge on any atom is 0.184 e. The number of rotatable bonds is 7. The molecule has 0 radical (unpaired) electrons. The third-order valence-corrected chi connectivity index (χ3v) is 8.58. The second kappa shape index (κ2) is 10.4. The summed E-state index contributed by atoms with van der Waals surface area (Å²) in [4.78, 5) is 43.6. The quantitative estimate of drug-likeness (QED) is 0.136. The van der Waals surface area contributed by atoms with E-state index in [4.69, 9.17) is 0 Å². The van der Waals surface area contributed by atoms with E-state index in [2.05, 4.69) is 6.08 Å². The zero-order valence-corrected chi connectivity index (χ0v) is 23.7. The van der Waals surface area contributed by atoms with Gasteiger partial charge in [0.25, 0.3) is 0 Å². The van der Waals surface area contributed by atoms with E-state index in [0.717, 1.165) is 16.7 Å². The number of fused-ring (bicyclic) bond motifs is 2. The number of hydrogen-bond donors (Lipinski definition) is 1. The summed E-state index contributed by atoms with van der Waals surface area (Å²) in [5, 5.41) is 11.4. The Morgan fingerprint density at radius 3 is 1.92 bits per heavy atom. The minimum absolute atomic E-state index is 0.0652. The van der Waals surface area contributed by atoms with Gasteiger partial charge in [-0.3, -0.25) is 14.4 Å². The topological polar surface area (TPSA) is 71.4 Å². The van der Waals surface area contributed by atoms with Gasteiger partial charge in [0.2, 0.25) is 0 Å². The van der Waals surface area contributed by atoms with Crippen LogP contribution < -0.4 is 0 Å². The van der Waals surface area contributed by atoms with Crippen LogP contribution in [-0.2, 0) is 14.4 Å². The predicted octanol–water partition coefficient (Wildman–Crippen LogP) is 7.76. The molecule has 2 bridgehead atoms. The smallest absolute Gasteiger partial charge is 0.184 e. The van der Waals surface area contributed by atoms with Crippen LogP contribution in [0, 0.1) is 22.2 Å². The highest BCUT2D eigenvalue weighted by Gasteiger charge is 2.73. The summed E-state index contributed by atoms with van der Waals surface area (Å²) in [5.41, 5.74) is -0.236. The fourth-order valence-corrected chi connectivity index (χ4v) is 6.13. The van der Waals surface area contributed by atoms with Crippen molar-refractivity contribution in [1.29, 1.82) is 0 Å². The van der Waals surface area contributed by atoms with Gasteiger partial charge in [0.1, 0.15) is 16.7 Å². The number of carbonyl (C=O) groups excluding carboxylic acids is 3. The van der Waals surface area contributed by atoms with Crippen molar-refractivity contribution < 1.29 is 19.5 Å². The molecular weight excluding hydrogens is 460 g/mol. The van der Waals surface area contributed by atoms with Crippen molar-refractivity contribution in [1.82, 2.24) is 0 Å². The lowest BCUT2D eigenvalue weighted by atomic mass is 9.38. The fraction of sp³-hybridized carbons (Fsp3) is 0.485. The molecule has 0 aliphatic heterocycles.